The molecule has 6 nitrogen and oxygen atoms in total. The van der Waals surface area contributed by atoms with Crippen molar-refractivity contribution in [3.8, 4) is 0 Å². The van der Waals surface area contributed by atoms with E-state index in [2.05, 4.69) is 5.32 Å². The van der Waals surface area contributed by atoms with E-state index in [4.69, 9.17) is 11.6 Å². The molecule has 3 amide bonds. The van der Waals surface area contributed by atoms with Crippen molar-refractivity contribution in [3.05, 3.63) is 118 Å². The van der Waals surface area contributed by atoms with Crippen LogP contribution < -0.4 is 5.32 Å². The fourth-order valence-corrected chi connectivity index (χ4v) is 5.87. The van der Waals surface area contributed by atoms with E-state index in [-0.39, 0.29) is 11.4 Å². The predicted molar refractivity (Wildman–Crippen MR) is 158 cm³/mol. The zero-order valence-electron chi connectivity index (χ0n) is 20.9. The second-order valence-corrected chi connectivity index (χ2v) is 10.7. The van der Waals surface area contributed by atoms with Gasteiger partial charge in [-0.3, -0.25) is 19.3 Å². The number of carbonyl (C=O) groups excluding carboxylic acids is 3. The highest BCUT2D eigenvalue weighted by molar-refractivity contribution is 8.18. The Hall–Kier alpha value is -4.40. The van der Waals surface area contributed by atoms with Crippen molar-refractivity contribution in [2.75, 3.05) is 11.9 Å². The number of halogens is 2. The molecule has 5 aromatic rings. The van der Waals surface area contributed by atoms with E-state index in [1.165, 1.54) is 6.07 Å². The topological polar surface area (TPSA) is 71.4 Å². The molecule has 1 N–H and O–H groups in total. The van der Waals surface area contributed by atoms with Gasteiger partial charge in [0.25, 0.3) is 11.1 Å². The highest BCUT2D eigenvalue weighted by Crippen LogP contribution is 2.35. The Labute approximate surface area is 238 Å². The molecule has 40 heavy (non-hydrogen) atoms. The Bertz CT molecular complexity index is 1840. The Morgan fingerprint density at radius 3 is 2.48 bits per heavy atom. The highest BCUT2D eigenvalue weighted by atomic mass is 35.5. The number of benzene rings is 4. The maximum absolute atomic E-state index is 14.5. The van der Waals surface area contributed by atoms with Crippen LogP contribution in [0.25, 0.3) is 27.8 Å². The van der Waals surface area contributed by atoms with E-state index in [9.17, 15) is 18.8 Å². The van der Waals surface area contributed by atoms with Gasteiger partial charge in [-0.25, -0.2) is 4.39 Å². The Morgan fingerprint density at radius 2 is 1.65 bits per heavy atom. The number of carbonyl (C=O) groups is 3. The van der Waals surface area contributed by atoms with Crippen molar-refractivity contribution in [2.24, 2.45) is 0 Å². The van der Waals surface area contributed by atoms with Gasteiger partial charge >= 0.3 is 0 Å². The average Bonchev–Trinajstić information content (AvgIpc) is 3.42. The summed E-state index contributed by atoms with van der Waals surface area (Å²) in [4.78, 5) is 39.9. The van der Waals surface area contributed by atoms with E-state index < -0.39 is 29.4 Å². The number of fused-ring (bicyclic) bond motifs is 2. The Kier molecular flexibility index (Phi) is 6.88. The number of amides is 3. The van der Waals surface area contributed by atoms with E-state index in [0.29, 0.717) is 21.8 Å². The van der Waals surface area contributed by atoms with E-state index in [1.54, 1.807) is 30.5 Å². The summed E-state index contributed by atoms with van der Waals surface area (Å²) in [5, 5.41) is 5.27. The molecule has 1 aliphatic rings. The molecule has 2 heterocycles. The number of thioether (sulfide) groups is 1. The van der Waals surface area contributed by atoms with Gasteiger partial charge < -0.3 is 9.88 Å². The number of nitrogens with zero attached hydrogens (tertiary/aromatic N) is 2. The smallest absolute Gasteiger partial charge is 0.294 e. The molecule has 198 valence electrons. The average molecular weight is 570 g/mol. The summed E-state index contributed by atoms with van der Waals surface area (Å²) in [6.07, 6.45) is 3.43. The number of anilines is 1. The van der Waals surface area contributed by atoms with Gasteiger partial charge in [-0.05, 0) is 47.5 Å². The van der Waals surface area contributed by atoms with Gasteiger partial charge in [0, 0.05) is 44.3 Å². The molecule has 0 unspecified atom stereocenters. The van der Waals surface area contributed by atoms with Crippen LogP contribution in [0.3, 0.4) is 0 Å². The minimum Gasteiger partial charge on any atom is -0.342 e. The van der Waals surface area contributed by atoms with Crippen molar-refractivity contribution >= 4 is 73.9 Å². The standard InChI is InChI=1S/C31H21ClFN3O3S/c32-24-11-6-12-25(33)23(24)17-35-16-20(22-10-3-4-14-27(22)35)15-28-30(38)36(31(39)40-28)18-29(37)34-26-13-5-8-19-7-1-2-9-21(19)26/h1-16H,17-18H2,(H,34,37)/b28-15+. The number of rotatable bonds is 6. The van der Waals surface area contributed by atoms with Gasteiger partial charge in [-0.15, -0.1) is 0 Å². The van der Waals surface area contributed by atoms with Gasteiger partial charge in [0.15, 0.2) is 0 Å². The first-order valence-electron chi connectivity index (χ1n) is 12.4. The minimum absolute atomic E-state index is 0.190. The molecule has 1 aliphatic heterocycles. The van der Waals surface area contributed by atoms with Gasteiger partial charge in [-0.2, -0.15) is 0 Å². The van der Waals surface area contributed by atoms with Gasteiger partial charge in [-0.1, -0.05) is 72.3 Å². The summed E-state index contributed by atoms with van der Waals surface area (Å²) >= 11 is 7.04. The lowest BCUT2D eigenvalue weighted by Gasteiger charge is -2.13. The number of nitrogens with one attached hydrogen (secondary N) is 1. The quantitative estimate of drug-likeness (QED) is 0.218. The molecular formula is C31H21ClFN3O3S. The SMILES string of the molecule is O=C(CN1C(=O)S/C(=C/c2cn(Cc3c(F)cccc3Cl)c3ccccc23)C1=O)Nc1cccc2ccccc12. The van der Waals surface area contributed by atoms with Crippen LogP contribution in [0.5, 0.6) is 0 Å². The Balaban J connectivity index is 1.25. The van der Waals surface area contributed by atoms with E-state index in [1.807, 2.05) is 65.2 Å². The molecule has 0 aliphatic carbocycles. The summed E-state index contributed by atoms with van der Waals surface area (Å²) < 4.78 is 16.3. The van der Waals surface area contributed by atoms with Crippen molar-refractivity contribution in [2.45, 2.75) is 6.54 Å². The first-order chi connectivity index (χ1) is 19.4. The van der Waals surface area contributed by atoms with Crippen LogP contribution in [-0.4, -0.2) is 33.1 Å². The molecule has 0 bridgehead atoms. The molecule has 1 aromatic heterocycles. The lowest BCUT2D eigenvalue weighted by atomic mass is 10.1. The van der Waals surface area contributed by atoms with Crippen LogP contribution in [-0.2, 0) is 16.1 Å². The lowest BCUT2D eigenvalue weighted by Crippen LogP contribution is -2.36. The fraction of sp³-hybridized carbons (Fsp3) is 0.0645. The van der Waals surface area contributed by atoms with Crippen LogP contribution in [0, 0.1) is 5.82 Å². The summed E-state index contributed by atoms with van der Waals surface area (Å²) in [6, 6.07) is 25.2. The first kappa shape index (κ1) is 25.9. The summed E-state index contributed by atoms with van der Waals surface area (Å²) in [5.74, 6) is -1.43. The molecule has 6 rings (SSSR count). The summed E-state index contributed by atoms with van der Waals surface area (Å²) in [6.45, 7) is -0.214. The molecule has 1 fully saturated rings. The van der Waals surface area contributed by atoms with Crippen molar-refractivity contribution in [1.29, 1.82) is 0 Å². The molecule has 9 heteroatoms. The molecule has 0 atom stereocenters. The zero-order chi connectivity index (χ0) is 27.8. The van der Waals surface area contributed by atoms with Crippen LogP contribution in [0.1, 0.15) is 11.1 Å². The second-order valence-electron chi connectivity index (χ2n) is 9.27. The normalized spacial score (nSPS) is 14.6. The van der Waals surface area contributed by atoms with Crippen LogP contribution in [0.4, 0.5) is 14.9 Å². The van der Waals surface area contributed by atoms with Crippen molar-refractivity contribution in [1.82, 2.24) is 9.47 Å². The third kappa shape index (κ3) is 4.87. The molecule has 0 saturated carbocycles. The van der Waals surface area contributed by atoms with Crippen LogP contribution in [0.15, 0.2) is 96.0 Å². The number of aromatic nitrogens is 1. The number of imide groups is 1. The van der Waals surface area contributed by atoms with Gasteiger partial charge in [0.05, 0.1) is 11.4 Å². The maximum Gasteiger partial charge on any atom is 0.294 e. The summed E-state index contributed by atoms with van der Waals surface area (Å²) in [5.41, 5.74) is 2.47. The number of hydrogen-bond acceptors (Lipinski definition) is 4. The molecule has 4 aromatic carbocycles. The van der Waals surface area contributed by atoms with Crippen molar-refractivity contribution in [3.63, 3.8) is 0 Å². The molecule has 1 saturated heterocycles. The third-order valence-corrected chi connectivity index (χ3v) is 8.00. The molecule has 0 radical (unpaired) electrons. The van der Waals surface area contributed by atoms with E-state index >= 15 is 0 Å². The highest BCUT2D eigenvalue weighted by Gasteiger charge is 2.36. The maximum atomic E-state index is 14.5. The van der Waals surface area contributed by atoms with Crippen LogP contribution >= 0.6 is 23.4 Å². The predicted octanol–water partition coefficient (Wildman–Crippen LogP) is 7.31. The third-order valence-electron chi connectivity index (χ3n) is 6.74. The molecule has 0 spiro atoms. The first-order valence-corrected chi connectivity index (χ1v) is 13.6. The lowest BCUT2D eigenvalue weighted by molar-refractivity contribution is -0.127. The zero-order valence-corrected chi connectivity index (χ0v) is 22.5. The van der Waals surface area contributed by atoms with Gasteiger partial charge in [0.2, 0.25) is 5.91 Å². The van der Waals surface area contributed by atoms with Gasteiger partial charge in [0.1, 0.15) is 12.4 Å². The summed E-state index contributed by atoms with van der Waals surface area (Å²) in [7, 11) is 0. The number of para-hydroxylation sites is 1. The monoisotopic (exact) mass is 569 g/mol. The van der Waals surface area contributed by atoms with E-state index in [0.717, 1.165) is 38.3 Å². The van der Waals surface area contributed by atoms with Crippen molar-refractivity contribution < 1.29 is 18.8 Å². The fourth-order valence-electron chi connectivity index (χ4n) is 4.82. The Morgan fingerprint density at radius 1 is 0.925 bits per heavy atom. The molecular weight excluding hydrogens is 549 g/mol. The minimum atomic E-state index is -0.544. The second kappa shape index (κ2) is 10.6. The largest absolute Gasteiger partial charge is 0.342 e. The number of hydrogen-bond donors (Lipinski definition) is 1. The van der Waals surface area contributed by atoms with Crippen LogP contribution in [0.2, 0.25) is 5.02 Å².